The van der Waals surface area contributed by atoms with E-state index >= 15 is 0 Å². The number of ether oxygens (including phenoxy) is 8. The maximum Gasteiger partial charge on any atom is 0.339 e. The van der Waals surface area contributed by atoms with E-state index in [9.17, 15) is 19.8 Å². The van der Waals surface area contributed by atoms with Crippen molar-refractivity contribution < 1.29 is 57.7 Å². The Balaban J connectivity index is 1.07. The Bertz CT molecular complexity index is 3370. The second kappa shape index (κ2) is 28.5. The molecule has 0 aliphatic heterocycles. The molecule has 1 atom stereocenters. The minimum atomic E-state index is -1.12. The predicted molar refractivity (Wildman–Crippen MR) is 321 cm³/mol. The van der Waals surface area contributed by atoms with Gasteiger partial charge < -0.3 is 53.0 Å². The van der Waals surface area contributed by atoms with Gasteiger partial charge in [0.2, 0.25) is 0 Å². The summed E-state index contributed by atoms with van der Waals surface area (Å²) in [5.41, 5.74) is 13.0. The van der Waals surface area contributed by atoms with Crippen LogP contribution in [0.3, 0.4) is 0 Å². The van der Waals surface area contributed by atoms with Crippen molar-refractivity contribution >= 4 is 29.0 Å². The summed E-state index contributed by atoms with van der Waals surface area (Å²) >= 11 is 0. The van der Waals surface area contributed by atoms with Crippen molar-refractivity contribution in [2.75, 3.05) is 98.4 Å². The number of fused-ring (bicyclic) bond motifs is 3. The van der Waals surface area contributed by atoms with Gasteiger partial charge in [-0.05, 0) is 140 Å². The number of hydrogen-bond acceptors (Lipinski definition) is 11. The number of aromatic carboxylic acids is 2. The van der Waals surface area contributed by atoms with Crippen LogP contribution in [-0.2, 0) is 33.8 Å². The van der Waals surface area contributed by atoms with Crippen LogP contribution < -0.4 is 14.4 Å². The summed E-state index contributed by atoms with van der Waals surface area (Å²) in [4.78, 5) is 28.2. The van der Waals surface area contributed by atoms with E-state index in [0.717, 1.165) is 72.6 Å². The number of carboxylic acids is 2. The molecule has 0 fully saturated rings. The van der Waals surface area contributed by atoms with Gasteiger partial charge in [0.25, 0.3) is 0 Å². The van der Waals surface area contributed by atoms with E-state index in [1.807, 2.05) is 65.6 Å². The Morgan fingerprint density at radius 1 is 0.415 bits per heavy atom. The molecule has 0 bridgehead atoms. The van der Waals surface area contributed by atoms with E-state index in [1.165, 1.54) is 0 Å². The SMILES string of the molecule is COCCOCCOCCOc1ccc(N(c2ccc(-c3ccccc3)cc2)c2ccc(-c3ccc4c(c3)C(CC(C)C)(c3ccc(OCCOCCOCCOC)c(C(=O)O)c3)c3cc(-c5ccccc5)ccc3-4)cc2)cc1C(=O)O. The van der Waals surface area contributed by atoms with Crippen molar-refractivity contribution in [3.8, 4) is 56.0 Å². The van der Waals surface area contributed by atoms with E-state index in [0.29, 0.717) is 65.0 Å². The smallest absolute Gasteiger partial charge is 0.339 e. The number of rotatable bonds is 31. The summed E-state index contributed by atoms with van der Waals surface area (Å²) in [5, 5.41) is 21.4. The highest BCUT2D eigenvalue weighted by molar-refractivity contribution is 5.95. The molecule has 1 unspecified atom stereocenters. The van der Waals surface area contributed by atoms with Gasteiger partial charge in [0.05, 0.1) is 66.1 Å². The Morgan fingerprint density at radius 3 is 1.24 bits per heavy atom. The van der Waals surface area contributed by atoms with Crippen molar-refractivity contribution in [3.63, 3.8) is 0 Å². The van der Waals surface area contributed by atoms with Gasteiger partial charge in [0, 0.05) is 36.7 Å². The van der Waals surface area contributed by atoms with Crippen molar-refractivity contribution in [2.45, 2.75) is 25.7 Å². The zero-order valence-electron chi connectivity index (χ0n) is 47.0. The monoisotopic (exact) mass is 1110 g/mol. The quantitative estimate of drug-likeness (QED) is 0.0397. The highest BCUT2D eigenvalue weighted by Crippen LogP contribution is 2.57. The van der Waals surface area contributed by atoms with Crippen molar-refractivity contribution in [3.05, 3.63) is 210 Å². The van der Waals surface area contributed by atoms with Gasteiger partial charge in [-0.25, -0.2) is 9.59 Å². The lowest BCUT2D eigenvalue weighted by Gasteiger charge is -2.35. The Labute approximate surface area is 480 Å². The Morgan fingerprint density at radius 2 is 0.793 bits per heavy atom. The third kappa shape index (κ3) is 13.9. The lowest BCUT2D eigenvalue weighted by molar-refractivity contribution is 0.0178. The molecule has 82 heavy (non-hydrogen) atoms. The van der Waals surface area contributed by atoms with Gasteiger partial charge in [0.1, 0.15) is 35.8 Å². The first-order chi connectivity index (χ1) is 40.1. The molecule has 0 saturated heterocycles. The first-order valence-electron chi connectivity index (χ1n) is 27.8. The molecular weight excluding hydrogens is 1030 g/mol. The summed E-state index contributed by atoms with van der Waals surface area (Å²) in [7, 11) is 3.24. The summed E-state index contributed by atoms with van der Waals surface area (Å²) in [6.45, 7) is 8.78. The van der Waals surface area contributed by atoms with Crippen molar-refractivity contribution in [2.24, 2.45) is 5.92 Å². The van der Waals surface area contributed by atoms with Crippen LogP contribution in [0.1, 0.15) is 57.7 Å². The zero-order chi connectivity index (χ0) is 57.3. The zero-order valence-corrected chi connectivity index (χ0v) is 47.0. The van der Waals surface area contributed by atoms with E-state index in [4.69, 9.17) is 37.9 Å². The molecule has 1 aliphatic carbocycles. The predicted octanol–water partition coefficient (Wildman–Crippen LogP) is 14.0. The normalized spacial score (nSPS) is 13.4. The first kappa shape index (κ1) is 58.5. The molecule has 8 aromatic rings. The van der Waals surface area contributed by atoms with Gasteiger partial charge in [-0.3, -0.25) is 0 Å². The maximum atomic E-state index is 13.3. The van der Waals surface area contributed by atoms with Crippen LogP contribution >= 0.6 is 0 Å². The van der Waals surface area contributed by atoms with E-state index in [2.05, 4.69) is 111 Å². The molecule has 0 heterocycles. The molecule has 0 spiro atoms. The summed E-state index contributed by atoms with van der Waals surface area (Å²) < 4.78 is 44.5. The van der Waals surface area contributed by atoms with E-state index in [1.54, 1.807) is 38.5 Å². The molecule has 9 rings (SSSR count). The minimum Gasteiger partial charge on any atom is -0.490 e. The third-order valence-electron chi connectivity index (χ3n) is 14.5. The van der Waals surface area contributed by atoms with E-state index < -0.39 is 17.4 Å². The molecule has 0 amide bonds. The molecule has 0 aromatic heterocycles. The second-order valence-corrected chi connectivity index (χ2v) is 20.3. The van der Waals surface area contributed by atoms with Gasteiger partial charge in [-0.1, -0.05) is 129 Å². The molecular formula is C69H71NO12. The fraction of sp³-hybridized carbons (Fsp3) is 0.275. The minimum absolute atomic E-state index is 0.0154. The molecule has 13 heteroatoms. The number of carbonyl (C=O) groups is 2. The number of nitrogens with zero attached hydrogens (tertiary/aromatic N) is 1. The molecule has 1 aliphatic rings. The average Bonchev–Trinajstić information content (AvgIpc) is 3.02. The topological polar surface area (TPSA) is 152 Å². The molecule has 8 aromatic carbocycles. The van der Waals surface area contributed by atoms with Crippen LogP contribution in [0.4, 0.5) is 17.1 Å². The summed E-state index contributed by atoms with van der Waals surface area (Å²) in [6.07, 6.45) is 0.687. The molecule has 0 saturated carbocycles. The van der Waals surface area contributed by atoms with Gasteiger partial charge in [0.15, 0.2) is 0 Å². The third-order valence-corrected chi connectivity index (χ3v) is 14.5. The summed E-state index contributed by atoms with van der Waals surface area (Å²) in [6, 6.07) is 61.1. The molecule has 0 radical (unpaired) electrons. The molecule has 424 valence electrons. The van der Waals surface area contributed by atoms with Crippen LogP contribution in [0.5, 0.6) is 11.5 Å². The van der Waals surface area contributed by atoms with Crippen molar-refractivity contribution in [1.82, 2.24) is 0 Å². The number of anilines is 3. The van der Waals surface area contributed by atoms with Crippen LogP contribution in [0, 0.1) is 5.92 Å². The fourth-order valence-corrected chi connectivity index (χ4v) is 10.7. The highest BCUT2D eigenvalue weighted by atomic mass is 16.6. The average molecular weight is 1110 g/mol. The molecule has 13 nitrogen and oxygen atoms in total. The second-order valence-electron chi connectivity index (χ2n) is 20.3. The summed E-state index contributed by atoms with van der Waals surface area (Å²) in [5.74, 6) is -1.52. The standard InChI is InChI=1S/C69H71NO12/c1-48(2)47-69(55-21-29-65(61(45-55)67(71)72)81-41-39-79-37-35-77-33-31-75-3)63-43-53(50-13-9-6-10-14-50)19-27-59(63)60-28-20-54(44-64(60)69)52-17-24-57(25-18-52)70(56-22-15-51(16-23-56)49-11-7-5-8-12-49)58-26-30-66(62(46-58)68(73)74)82-42-40-80-38-36-78-34-32-76-4/h5-30,43-46,48H,31-42,47H2,1-4H3,(H,71,72)(H,73,74). The lowest BCUT2D eigenvalue weighted by atomic mass is 9.67. The van der Waals surface area contributed by atoms with Crippen LogP contribution in [0.25, 0.3) is 44.5 Å². The Hall–Kier alpha value is -8.14. The van der Waals surface area contributed by atoms with Gasteiger partial charge in [-0.15, -0.1) is 0 Å². The van der Waals surface area contributed by atoms with Crippen molar-refractivity contribution in [1.29, 1.82) is 0 Å². The lowest BCUT2D eigenvalue weighted by Crippen LogP contribution is -2.29. The number of benzene rings is 8. The van der Waals surface area contributed by atoms with E-state index in [-0.39, 0.29) is 55.0 Å². The number of carboxylic acid groups (broad SMARTS) is 2. The maximum absolute atomic E-state index is 13.3. The highest BCUT2D eigenvalue weighted by Gasteiger charge is 2.46. The van der Waals surface area contributed by atoms with Gasteiger partial charge in [-0.2, -0.15) is 0 Å². The van der Waals surface area contributed by atoms with Crippen LogP contribution in [-0.4, -0.2) is 116 Å². The first-order valence-corrected chi connectivity index (χ1v) is 27.8. The fourth-order valence-electron chi connectivity index (χ4n) is 10.7. The van der Waals surface area contributed by atoms with Crippen LogP contribution in [0.2, 0.25) is 0 Å². The van der Waals surface area contributed by atoms with Gasteiger partial charge >= 0.3 is 11.9 Å². The largest absolute Gasteiger partial charge is 0.490 e. The Kier molecular flexibility index (Phi) is 20.3. The van der Waals surface area contributed by atoms with Crippen LogP contribution in [0.15, 0.2) is 182 Å². The number of methoxy groups -OCH3 is 2. The number of hydrogen-bond donors (Lipinski definition) is 2. The molecule has 2 N–H and O–H groups in total.